The van der Waals surface area contributed by atoms with Crippen LogP contribution < -0.4 is 10.2 Å². The molecule has 0 spiro atoms. The first-order chi connectivity index (χ1) is 14.5. The Morgan fingerprint density at radius 3 is 2.67 bits per heavy atom. The van der Waals surface area contributed by atoms with Crippen LogP contribution in [0.25, 0.3) is 0 Å². The van der Waals surface area contributed by atoms with Gasteiger partial charge in [-0.05, 0) is 44.0 Å². The van der Waals surface area contributed by atoms with Crippen LogP contribution in [-0.4, -0.2) is 26.6 Å². The average molecular weight is 409 g/mol. The molecule has 9 heteroatoms. The maximum Gasteiger partial charge on any atom is 0.284 e. The van der Waals surface area contributed by atoms with E-state index < -0.39 is 17.5 Å². The predicted octanol–water partition coefficient (Wildman–Crippen LogP) is 3.90. The summed E-state index contributed by atoms with van der Waals surface area (Å²) in [7, 11) is 0. The normalized spacial score (nSPS) is 13.8. The molecule has 1 amide bonds. The molecule has 1 N–H and O–H groups in total. The number of rotatable bonds is 6. The van der Waals surface area contributed by atoms with Crippen molar-refractivity contribution >= 4 is 17.4 Å². The minimum Gasteiger partial charge on any atom is -0.333 e. The molecule has 3 aromatic heterocycles. The van der Waals surface area contributed by atoms with Gasteiger partial charge >= 0.3 is 0 Å². The van der Waals surface area contributed by atoms with Gasteiger partial charge in [0.05, 0.1) is 17.5 Å². The van der Waals surface area contributed by atoms with Crippen molar-refractivity contribution in [2.45, 2.75) is 19.8 Å². The minimum atomic E-state index is -0.602. The lowest BCUT2D eigenvalue weighted by molar-refractivity contribution is 0.102. The lowest BCUT2D eigenvalue weighted by atomic mass is 10.1. The van der Waals surface area contributed by atoms with Crippen LogP contribution in [0.5, 0.6) is 5.88 Å². The van der Waals surface area contributed by atoms with E-state index in [9.17, 15) is 13.6 Å². The van der Waals surface area contributed by atoms with Gasteiger partial charge in [-0.15, -0.1) is 0 Å². The lowest BCUT2D eigenvalue weighted by Gasteiger charge is -2.09. The van der Waals surface area contributed by atoms with Crippen LogP contribution in [0.15, 0.2) is 54.2 Å². The number of nitrogens with one attached hydrogen (secondary N) is 1. The van der Waals surface area contributed by atoms with Gasteiger partial charge in [0.2, 0.25) is 0 Å². The Morgan fingerprint density at radius 1 is 1.13 bits per heavy atom. The van der Waals surface area contributed by atoms with E-state index in [-0.39, 0.29) is 22.9 Å². The number of carbonyl (C=O) groups excluding carboxylic acids is 1. The Balaban J connectivity index is 1.50. The Morgan fingerprint density at radius 2 is 1.97 bits per heavy atom. The number of amides is 1. The van der Waals surface area contributed by atoms with Gasteiger partial charge < -0.3 is 10.2 Å². The fourth-order valence-electron chi connectivity index (χ4n) is 2.78. The highest BCUT2D eigenvalue weighted by Gasteiger charge is 2.30. The molecular formula is C21H17F2N5O2. The average Bonchev–Trinajstić information content (AvgIpc) is 3.58. The summed E-state index contributed by atoms with van der Waals surface area (Å²) in [5.74, 6) is -1.38. The number of anilines is 1. The molecule has 4 rings (SSSR count). The van der Waals surface area contributed by atoms with E-state index >= 15 is 0 Å². The van der Waals surface area contributed by atoms with Gasteiger partial charge in [0.1, 0.15) is 11.6 Å². The Hall–Kier alpha value is -3.75. The van der Waals surface area contributed by atoms with Crippen molar-refractivity contribution in [2.75, 3.05) is 5.32 Å². The highest BCUT2D eigenvalue weighted by molar-refractivity contribution is 6.05. The number of halogens is 2. The van der Waals surface area contributed by atoms with Crippen molar-refractivity contribution in [1.82, 2.24) is 15.0 Å². The van der Waals surface area contributed by atoms with E-state index in [2.05, 4.69) is 25.4 Å². The molecule has 3 aromatic rings. The molecule has 152 valence electrons. The summed E-state index contributed by atoms with van der Waals surface area (Å²) in [6.07, 6.45) is 7.19. The van der Waals surface area contributed by atoms with Gasteiger partial charge in [-0.25, -0.2) is 18.7 Å². The number of pyridine rings is 3. The number of oxime groups is 1. The summed E-state index contributed by atoms with van der Waals surface area (Å²) in [6.45, 7) is 1.51. The predicted molar refractivity (Wildman–Crippen MR) is 105 cm³/mol. The number of aromatic nitrogens is 3. The highest BCUT2D eigenvalue weighted by Crippen LogP contribution is 2.33. The van der Waals surface area contributed by atoms with Crippen molar-refractivity contribution in [3.63, 3.8) is 0 Å². The first-order valence-electron chi connectivity index (χ1n) is 9.26. The van der Waals surface area contributed by atoms with Crippen molar-refractivity contribution in [1.29, 1.82) is 0 Å². The topological polar surface area (TPSA) is 89.4 Å². The highest BCUT2D eigenvalue weighted by atomic mass is 19.1. The van der Waals surface area contributed by atoms with Crippen molar-refractivity contribution in [3.8, 4) is 5.88 Å². The fourth-order valence-corrected chi connectivity index (χ4v) is 2.78. The van der Waals surface area contributed by atoms with Crippen LogP contribution >= 0.6 is 0 Å². The minimum absolute atomic E-state index is 0.131. The first-order valence-corrected chi connectivity index (χ1v) is 9.26. The Labute approximate surface area is 170 Å². The van der Waals surface area contributed by atoms with Gasteiger partial charge in [-0.3, -0.25) is 9.78 Å². The Kier molecular flexibility index (Phi) is 5.42. The number of nitrogens with zero attached hydrogens (tertiary/aromatic N) is 4. The number of hydrogen-bond donors (Lipinski definition) is 1. The van der Waals surface area contributed by atoms with Crippen LogP contribution in [0.3, 0.4) is 0 Å². The molecule has 0 aromatic carbocycles. The van der Waals surface area contributed by atoms with Gasteiger partial charge in [0.25, 0.3) is 11.8 Å². The molecule has 0 aliphatic heterocycles. The van der Waals surface area contributed by atoms with E-state index in [1.165, 1.54) is 31.5 Å². The molecule has 0 saturated heterocycles. The van der Waals surface area contributed by atoms with Gasteiger partial charge in [0.15, 0.2) is 5.82 Å². The van der Waals surface area contributed by atoms with Gasteiger partial charge in [-0.1, -0.05) is 5.16 Å². The second-order valence-corrected chi connectivity index (χ2v) is 6.81. The Bertz CT molecular complexity index is 1110. The van der Waals surface area contributed by atoms with E-state index in [4.69, 9.17) is 4.84 Å². The smallest absolute Gasteiger partial charge is 0.284 e. The van der Waals surface area contributed by atoms with E-state index in [1.807, 2.05) is 0 Å². The fraction of sp³-hybridized carbons (Fsp3) is 0.190. The third-order valence-electron chi connectivity index (χ3n) is 4.62. The van der Waals surface area contributed by atoms with Crippen LogP contribution in [0, 0.1) is 24.5 Å². The second kappa shape index (κ2) is 8.32. The molecule has 0 unspecified atom stereocenters. The third kappa shape index (κ3) is 4.29. The molecule has 1 aliphatic carbocycles. The molecule has 1 fully saturated rings. The van der Waals surface area contributed by atoms with Gasteiger partial charge in [0, 0.05) is 35.6 Å². The molecule has 1 saturated carbocycles. The summed E-state index contributed by atoms with van der Waals surface area (Å²) < 4.78 is 27.3. The SMILES string of the molecule is Cc1c(F)cncc1C(=O)Nc1ccc(/C(=N\Oc2ncccc2F)C2CC2)cn1. The zero-order valence-corrected chi connectivity index (χ0v) is 16.0. The first kappa shape index (κ1) is 19.6. The summed E-state index contributed by atoms with van der Waals surface area (Å²) in [6, 6.07) is 6.04. The third-order valence-corrected chi connectivity index (χ3v) is 4.62. The maximum atomic E-state index is 13.7. The molecule has 0 atom stereocenters. The zero-order valence-electron chi connectivity index (χ0n) is 16.0. The molecule has 0 bridgehead atoms. The summed E-state index contributed by atoms with van der Waals surface area (Å²) in [5.41, 5.74) is 1.67. The molecule has 3 heterocycles. The molecule has 7 nitrogen and oxygen atoms in total. The summed E-state index contributed by atoms with van der Waals surface area (Å²) in [5, 5.41) is 6.70. The van der Waals surface area contributed by atoms with Crippen LogP contribution in [0.1, 0.15) is 34.3 Å². The monoisotopic (exact) mass is 409 g/mol. The molecular weight excluding hydrogens is 392 g/mol. The molecule has 1 aliphatic rings. The largest absolute Gasteiger partial charge is 0.333 e. The van der Waals surface area contributed by atoms with E-state index in [0.717, 1.165) is 19.0 Å². The summed E-state index contributed by atoms with van der Waals surface area (Å²) in [4.78, 5) is 29.3. The summed E-state index contributed by atoms with van der Waals surface area (Å²) >= 11 is 0. The van der Waals surface area contributed by atoms with Gasteiger partial charge in [-0.2, -0.15) is 0 Å². The maximum absolute atomic E-state index is 13.7. The quantitative estimate of drug-likeness (QED) is 0.493. The number of hydrogen-bond acceptors (Lipinski definition) is 6. The zero-order chi connectivity index (χ0) is 21.1. The lowest BCUT2D eigenvalue weighted by Crippen LogP contribution is -2.16. The van der Waals surface area contributed by atoms with E-state index in [0.29, 0.717) is 17.1 Å². The van der Waals surface area contributed by atoms with Crippen LogP contribution in [0.2, 0.25) is 0 Å². The van der Waals surface area contributed by atoms with Crippen molar-refractivity contribution < 1.29 is 18.4 Å². The number of carbonyl (C=O) groups is 1. The van der Waals surface area contributed by atoms with Crippen LogP contribution in [0.4, 0.5) is 14.6 Å². The van der Waals surface area contributed by atoms with Crippen molar-refractivity contribution in [3.05, 3.63) is 77.4 Å². The van der Waals surface area contributed by atoms with Crippen molar-refractivity contribution in [2.24, 2.45) is 11.1 Å². The van der Waals surface area contributed by atoms with Crippen LogP contribution in [-0.2, 0) is 0 Å². The van der Waals surface area contributed by atoms with E-state index in [1.54, 1.807) is 18.3 Å². The molecule has 0 radical (unpaired) electrons. The standard InChI is InChI=1S/C21H17F2N5O2/c1-12-15(10-24-11-17(12)23)20(29)27-18-7-6-14(9-26-18)19(13-4-5-13)28-30-21-16(22)3-2-8-25-21/h2-3,6-11,13H,4-5H2,1H3,(H,26,27,29)/b28-19-. The second-order valence-electron chi connectivity index (χ2n) is 6.81. The molecule has 30 heavy (non-hydrogen) atoms.